The number of rotatable bonds is 1. The molecule has 3 aromatic rings. The first kappa shape index (κ1) is 10.6. The van der Waals surface area contributed by atoms with Crippen LogP contribution >= 0.6 is 22.9 Å². The fourth-order valence-corrected chi connectivity index (χ4v) is 2.41. The molecule has 0 radical (unpaired) electrons. The van der Waals surface area contributed by atoms with Gasteiger partial charge >= 0.3 is 0 Å². The molecule has 0 bridgehead atoms. The standard InChI is InChI=1S/C11H6ClFN2OS/c12-5-3-8-9(4-6(5)13)16-11(15-8)10-7(14)1-2-17-10/h1-4H,14H2. The van der Waals surface area contributed by atoms with Crippen molar-refractivity contribution < 1.29 is 8.81 Å². The van der Waals surface area contributed by atoms with E-state index in [0.717, 1.165) is 4.88 Å². The van der Waals surface area contributed by atoms with Crippen LogP contribution in [0.5, 0.6) is 0 Å². The van der Waals surface area contributed by atoms with Gasteiger partial charge in [-0.25, -0.2) is 9.37 Å². The van der Waals surface area contributed by atoms with E-state index in [4.69, 9.17) is 21.8 Å². The van der Waals surface area contributed by atoms with E-state index in [1.54, 1.807) is 6.07 Å². The van der Waals surface area contributed by atoms with Gasteiger partial charge in [-0.2, -0.15) is 0 Å². The van der Waals surface area contributed by atoms with Crippen LogP contribution in [0.2, 0.25) is 5.02 Å². The third-order valence-corrected chi connectivity index (χ3v) is 3.53. The Morgan fingerprint density at radius 2 is 2.24 bits per heavy atom. The predicted octanol–water partition coefficient (Wildman–Crippen LogP) is 3.93. The molecule has 0 aliphatic carbocycles. The van der Waals surface area contributed by atoms with Gasteiger partial charge in [-0.15, -0.1) is 11.3 Å². The van der Waals surface area contributed by atoms with Crippen molar-refractivity contribution in [3.63, 3.8) is 0 Å². The van der Waals surface area contributed by atoms with Gasteiger partial charge < -0.3 is 10.2 Å². The van der Waals surface area contributed by atoms with E-state index in [9.17, 15) is 4.39 Å². The minimum atomic E-state index is -0.527. The van der Waals surface area contributed by atoms with Gasteiger partial charge in [0, 0.05) is 6.07 Å². The van der Waals surface area contributed by atoms with E-state index >= 15 is 0 Å². The molecule has 0 saturated heterocycles. The van der Waals surface area contributed by atoms with Gasteiger partial charge in [0.15, 0.2) is 5.58 Å². The number of aromatic nitrogens is 1. The van der Waals surface area contributed by atoms with Gasteiger partial charge in [-0.05, 0) is 17.5 Å². The maximum absolute atomic E-state index is 13.2. The van der Waals surface area contributed by atoms with Crippen LogP contribution in [0.25, 0.3) is 21.9 Å². The van der Waals surface area contributed by atoms with Crippen molar-refractivity contribution >= 4 is 39.7 Å². The van der Waals surface area contributed by atoms with Crippen LogP contribution < -0.4 is 5.73 Å². The molecule has 2 heterocycles. The topological polar surface area (TPSA) is 52.0 Å². The average Bonchev–Trinajstić information content (AvgIpc) is 2.85. The Hall–Kier alpha value is -1.59. The summed E-state index contributed by atoms with van der Waals surface area (Å²) in [7, 11) is 0. The maximum Gasteiger partial charge on any atom is 0.239 e. The lowest BCUT2D eigenvalue weighted by Gasteiger charge is -1.91. The number of nitrogens with zero attached hydrogens (tertiary/aromatic N) is 1. The highest BCUT2D eigenvalue weighted by atomic mass is 35.5. The molecule has 6 heteroatoms. The van der Waals surface area contributed by atoms with Crippen molar-refractivity contribution in [1.82, 2.24) is 4.98 Å². The predicted molar refractivity (Wildman–Crippen MR) is 66.7 cm³/mol. The molecule has 0 spiro atoms. The third-order valence-electron chi connectivity index (χ3n) is 2.32. The smallest absolute Gasteiger partial charge is 0.239 e. The number of fused-ring (bicyclic) bond motifs is 1. The van der Waals surface area contributed by atoms with Gasteiger partial charge in [0.2, 0.25) is 5.89 Å². The number of thiophene rings is 1. The van der Waals surface area contributed by atoms with Crippen LogP contribution in [0.1, 0.15) is 0 Å². The Kier molecular flexibility index (Phi) is 2.31. The summed E-state index contributed by atoms with van der Waals surface area (Å²) in [4.78, 5) is 4.96. The van der Waals surface area contributed by atoms with E-state index < -0.39 is 5.82 Å². The summed E-state index contributed by atoms with van der Waals surface area (Å²) < 4.78 is 18.7. The summed E-state index contributed by atoms with van der Waals surface area (Å²) in [5, 5.41) is 1.86. The van der Waals surface area contributed by atoms with E-state index in [2.05, 4.69) is 4.98 Å². The lowest BCUT2D eigenvalue weighted by molar-refractivity contribution is 0.604. The van der Waals surface area contributed by atoms with Crippen LogP contribution in [0.15, 0.2) is 28.0 Å². The number of nitrogen functional groups attached to an aromatic ring is 1. The number of hydrogen-bond donors (Lipinski definition) is 1. The van der Waals surface area contributed by atoms with Crippen molar-refractivity contribution in [2.45, 2.75) is 0 Å². The van der Waals surface area contributed by atoms with Gasteiger partial charge in [0.25, 0.3) is 0 Å². The van der Waals surface area contributed by atoms with Crippen LogP contribution in [0, 0.1) is 5.82 Å². The van der Waals surface area contributed by atoms with Gasteiger partial charge in [-0.3, -0.25) is 0 Å². The first-order valence-corrected chi connectivity index (χ1v) is 6.00. The average molecular weight is 269 g/mol. The third kappa shape index (κ3) is 1.67. The van der Waals surface area contributed by atoms with Gasteiger partial charge in [0.05, 0.1) is 10.7 Å². The summed E-state index contributed by atoms with van der Waals surface area (Å²) in [5.74, 6) is -0.143. The summed E-state index contributed by atoms with van der Waals surface area (Å²) >= 11 is 7.09. The zero-order chi connectivity index (χ0) is 12.0. The molecule has 0 amide bonds. The highest BCUT2D eigenvalue weighted by Crippen LogP contribution is 2.34. The first-order valence-electron chi connectivity index (χ1n) is 4.74. The minimum absolute atomic E-state index is 0.0245. The molecular weight excluding hydrogens is 263 g/mol. The van der Waals surface area contributed by atoms with Crippen LogP contribution in [-0.2, 0) is 0 Å². The minimum Gasteiger partial charge on any atom is -0.435 e. The van der Waals surface area contributed by atoms with Crippen molar-refractivity contribution in [1.29, 1.82) is 0 Å². The second-order valence-electron chi connectivity index (χ2n) is 3.46. The molecular formula is C11H6ClFN2OS. The van der Waals surface area contributed by atoms with E-state index in [1.165, 1.54) is 23.5 Å². The normalized spacial score (nSPS) is 11.2. The Morgan fingerprint density at radius 1 is 1.41 bits per heavy atom. The molecule has 3 nitrogen and oxygen atoms in total. The van der Waals surface area contributed by atoms with E-state index in [-0.39, 0.29) is 5.02 Å². The van der Waals surface area contributed by atoms with Crippen LogP contribution in [0.3, 0.4) is 0 Å². The Morgan fingerprint density at radius 3 is 2.94 bits per heavy atom. The Balaban J connectivity index is 2.24. The number of nitrogens with two attached hydrogens (primary N) is 1. The van der Waals surface area contributed by atoms with Crippen LogP contribution in [0.4, 0.5) is 10.1 Å². The second kappa shape index (κ2) is 3.72. The summed E-state index contributed by atoms with van der Waals surface area (Å²) in [6.45, 7) is 0. The summed E-state index contributed by atoms with van der Waals surface area (Å²) in [6, 6.07) is 4.42. The lowest BCUT2D eigenvalue weighted by atomic mass is 10.3. The number of hydrogen-bond acceptors (Lipinski definition) is 4. The maximum atomic E-state index is 13.2. The molecule has 0 fully saturated rings. The number of oxazole rings is 1. The first-order chi connectivity index (χ1) is 8.15. The van der Waals surface area contributed by atoms with Crippen molar-refractivity contribution in [3.8, 4) is 10.8 Å². The van der Waals surface area contributed by atoms with Gasteiger partial charge in [0.1, 0.15) is 16.2 Å². The second-order valence-corrected chi connectivity index (χ2v) is 4.78. The monoisotopic (exact) mass is 268 g/mol. The molecule has 86 valence electrons. The largest absolute Gasteiger partial charge is 0.435 e. The molecule has 0 aliphatic rings. The fraction of sp³-hybridized carbons (Fsp3) is 0. The molecule has 2 N–H and O–H groups in total. The van der Waals surface area contributed by atoms with Crippen LogP contribution in [-0.4, -0.2) is 4.98 Å². The molecule has 3 rings (SSSR count). The van der Waals surface area contributed by atoms with E-state index in [0.29, 0.717) is 22.7 Å². The summed E-state index contributed by atoms with van der Waals surface area (Å²) in [6.07, 6.45) is 0. The molecule has 17 heavy (non-hydrogen) atoms. The molecule has 0 saturated carbocycles. The SMILES string of the molecule is Nc1ccsc1-c1nc2cc(Cl)c(F)cc2o1. The molecule has 0 atom stereocenters. The summed E-state index contributed by atoms with van der Waals surface area (Å²) in [5.41, 5.74) is 7.22. The molecule has 1 aromatic carbocycles. The fourth-order valence-electron chi connectivity index (χ4n) is 1.51. The van der Waals surface area contributed by atoms with Crippen molar-refractivity contribution in [2.24, 2.45) is 0 Å². The highest BCUT2D eigenvalue weighted by Gasteiger charge is 2.14. The highest BCUT2D eigenvalue weighted by molar-refractivity contribution is 7.14. The van der Waals surface area contributed by atoms with Crippen molar-refractivity contribution in [3.05, 3.63) is 34.4 Å². The quantitative estimate of drug-likeness (QED) is 0.727. The number of halogens is 2. The number of anilines is 1. The lowest BCUT2D eigenvalue weighted by Crippen LogP contribution is -1.83. The number of benzene rings is 1. The zero-order valence-electron chi connectivity index (χ0n) is 8.41. The molecule has 2 aromatic heterocycles. The Labute approximate surface area is 105 Å². The zero-order valence-corrected chi connectivity index (χ0v) is 9.98. The molecule has 0 aliphatic heterocycles. The van der Waals surface area contributed by atoms with Gasteiger partial charge in [-0.1, -0.05) is 11.6 Å². The molecule has 0 unspecified atom stereocenters. The Bertz CT molecular complexity index is 668. The van der Waals surface area contributed by atoms with Crippen molar-refractivity contribution in [2.75, 3.05) is 5.73 Å². The van der Waals surface area contributed by atoms with E-state index in [1.807, 2.05) is 5.38 Å².